The third-order valence-corrected chi connectivity index (χ3v) is 7.05. The third-order valence-electron chi connectivity index (χ3n) is 6.75. The van der Waals surface area contributed by atoms with E-state index in [9.17, 15) is 4.79 Å². The summed E-state index contributed by atoms with van der Waals surface area (Å²) < 4.78 is 12.2. The van der Waals surface area contributed by atoms with Gasteiger partial charge in [0.1, 0.15) is 36.9 Å². The van der Waals surface area contributed by atoms with E-state index in [1.54, 1.807) is 12.3 Å². The second kappa shape index (κ2) is 12.9. The molecule has 40 heavy (non-hydrogen) atoms. The monoisotopic (exact) mass is 560 g/mol. The molecule has 0 aliphatic carbocycles. The van der Waals surface area contributed by atoms with Crippen LogP contribution in [0, 0.1) is 0 Å². The second-order valence-corrected chi connectivity index (χ2v) is 10.4. The van der Waals surface area contributed by atoms with E-state index in [-0.39, 0.29) is 11.9 Å². The molecule has 0 bridgehead atoms. The van der Waals surface area contributed by atoms with Crippen LogP contribution in [0.4, 0.5) is 11.5 Å². The molecule has 10 heteroatoms. The number of piperidine rings is 1. The van der Waals surface area contributed by atoms with Crippen LogP contribution in [0.2, 0.25) is 5.02 Å². The molecule has 1 fully saturated rings. The van der Waals surface area contributed by atoms with Crippen LogP contribution in [0.5, 0.6) is 11.5 Å². The number of rotatable bonds is 10. The van der Waals surface area contributed by atoms with Gasteiger partial charge in [0, 0.05) is 18.4 Å². The van der Waals surface area contributed by atoms with E-state index in [1.807, 2.05) is 72.4 Å². The SMILES string of the molecule is CN(C)CC(=O)N1CCCC[C@@H]1COc1cccc2ncnc(Nc3ccc(OCc4ccccn4)c(Cl)c3)c12. The molecule has 2 aromatic carbocycles. The Kier molecular flexibility index (Phi) is 8.93. The van der Waals surface area contributed by atoms with Gasteiger partial charge in [0.05, 0.1) is 34.2 Å². The van der Waals surface area contributed by atoms with Gasteiger partial charge in [-0.25, -0.2) is 9.97 Å². The summed E-state index contributed by atoms with van der Waals surface area (Å²) in [7, 11) is 3.82. The minimum atomic E-state index is 0.0231. The van der Waals surface area contributed by atoms with Gasteiger partial charge in [0.15, 0.2) is 0 Å². The Bertz CT molecular complexity index is 1450. The summed E-state index contributed by atoms with van der Waals surface area (Å²) in [4.78, 5) is 29.9. The fraction of sp³-hybridized carbons (Fsp3) is 0.333. The van der Waals surface area contributed by atoms with Gasteiger partial charge in [-0.3, -0.25) is 9.78 Å². The van der Waals surface area contributed by atoms with Crippen LogP contribution in [-0.4, -0.2) is 70.5 Å². The van der Waals surface area contributed by atoms with E-state index in [4.69, 9.17) is 21.1 Å². The van der Waals surface area contributed by atoms with Crippen molar-refractivity contribution in [3.8, 4) is 11.5 Å². The predicted octanol–water partition coefficient (Wildman–Crippen LogP) is 5.32. The summed E-state index contributed by atoms with van der Waals surface area (Å²) in [6.07, 6.45) is 6.25. The highest BCUT2D eigenvalue weighted by molar-refractivity contribution is 6.32. The van der Waals surface area contributed by atoms with Crippen LogP contribution in [-0.2, 0) is 11.4 Å². The van der Waals surface area contributed by atoms with E-state index < -0.39 is 0 Å². The molecule has 1 amide bonds. The molecule has 2 aromatic heterocycles. The predicted molar refractivity (Wildman–Crippen MR) is 156 cm³/mol. The molecule has 1 N–H and O–H groups in total. The minimum Gasteiger partial charge on any atom is -0.491 e. The number of aromatic nitrogens is 3. The molecule has 1 atom stereocenters. The number of hydrogen-bond acceptors (Lipinski definition) is 8. The van der Waals surface area contributed by atoms with Crippen LogP contribution in [0.3, 0.4) is 0 Å². The van der Waals surface area contributed by atoms with Crippen molar-refractivity contribution in [3.63, 3.8) is 0 Å². The Balaban J connectivity index is 1.32. The largest absolute Gasteiger partial charge is 0.491 e. The third kappa shape index (κ3) is 6.78. The number of likely N-dealkylation sites (tertiary alicyclic amines) is 1. The number of carbonyl (C=O) groups is 1. The average Bonchev–Trinajstić information content (AvgIpc) is 2.96. The van der Waals surface area contributed by atoms with Crippen molar-refractivity contribution in [2.24, 2.45) is 0 Å². The molecule has 0 spiro atoms. The van der Waals surface area contributed by atoms with Crippen LogP contribution in [0.15, 0.2) is 67.1 Å². The lowest BCUT2D eigenvalue weighted by Crippen LogP contribution is -2.49. The number of pyridine rings is 1. The number of nitrogens with zero attached hydrogens (tertiary/aromatic N) is 5. The van der Waals surface area contributed by atoms with Gasteiger partial charge in [0.25, 0.3) is 0 Å². The van der Waals surface area contributed by atoms with Crippen LogP contribution >= 0.6 is 11.6 Å². The fourth-order valence-electron chi connectivity index (χ4n) is 4.81. The smallest absolute Gasteiger partial charge is 0.237 e. The van der Waals surface area contributed by atoms with Crippen molar-refractivity contribution in [2.45, 2.75) is 31.9 Å². The quantitative estimate of drug-likeness (QED) is 0.278. The fourth-order valence-corrected chi connectivity index (χ4v) is 5.05. The molecular weight excluding hydrogens is 528 g/mol. The molecule has 5 rings (SSSR count). The highest BCUT2D eigenvalue weighted by atomic mass is 35.5. The lowest BCUT2D eigenvalue weighted by molar-refractivity contribution is -0.136. The number of fused-ring (bicyclic) bond motifs is 1. The lowest BCUT2D eigenvalue weighted by Gasteiger charge is -2.36. The summed E-state index contributed by atoms with van der Waals surface area (Å²) in [6.45, 7) is 1.88. The number of likely N-dealkylation sites (N-methyl/N-ethyl adjacent to an activating group) is 1. The van der Waals surface area contributed by atoms with Crippen molar-refractivity contribution >= 4 is 39.9 Å². The van der Waals surface area contributed by atoms with Crippen molar-refractivity contribution in [2.75, 3.05) is 39.1 Å². The van der Waals surface area contributed by atoms with Crippen molar-refractivity contribution in [3.05, 3.63) is 77.8 Å². The summed E-state index contributed by atoms with van der Waals surface area (Å²) in [5.74, 6) is 1.96. The number of anilines is 2. The Morgan fingerprint density at radius 2 is 1.95 bits per heavy atom. The molecule has 0 saturated carbocycles. The zero-order chi connectivity index (χ0) is 27.9. The number of nitrogens with one attached hydrogen (secondary N) is 1. The molecule has 0 unspecified atom stereocenters. The van der Waals surface area contributed by atoms with Crippen LogP contribution < -0.4 is 14.8 Å². The first-order valence-electron chi connectivity index (χ1n) is 13.4. The molecule has 3 heterocycles. The average molecular weight is 561 g/mol. The summed E-state index contributed by atoms with van der Waals surface area (Å²) in [5, 5.41) is 4.59. The molecule has 4 aromatic rings. The van der Waals surface area contributed by atoms with E-state index in [0.29, 0.717) is 42.1 Å². The molecule has 208 valence electrons. The molecule has 1 aliphatic rings. The Morgan fingerprint density at radius 3 is 2.75 bits per heavy atom. The number of carbonyl (C=O) groups excluding carboxylic acids is 1. The first-order valence-corrected chi connectivity index (χ1v) is 13.8. The van der Waals surface area contributed by atoms with E-state index >= 15 is 0 Å². The molecular formula is C30H33ClN6O3. The van der Waals surface area contributed by atoms with Gasteiger partial charge >= 0.3 is 0 Å². The number of amides is 1. The Labute approximate surface area is 239 Å². The topological polar surface area (TPSA) is 92.7 Å². The maximum atomic E-state index is 12.8. The first-order chi connectivity index (χ1) is 19.5. The van der Waals surface area contributed by atoms with Gasteiger partial charge in [-0.05, 0) is 75.8 Å². The summed E-state index contributed by atoms with van der Waals surface area (Å²) >= 11 is 6.54. The van der Waals surface area contributed by atoms with Gasteiger partial charge in [0.2, 0.25) is 5.91 Å². The van der Waals surface area contributed by atoms with Crippen LogP contribution in [0.1, 0.15) is 25.0 Å². The maximum Gasteiger partial charge on any atom is 0.237 e. The summed E-state index contributed by atoms with van der Waals surface area (Å²) in [5.41, 5.74) is 2.32. The number of benzene rings is 2. The zero-order valence-corrected chi connectivity index (χ0v) is 23.5. The zero-order valence-electron chi connectivity index (χ0n) is 22.7. The van der Waals surface area contributed by atoms with E-state index in [1.165, 1.54) is 6.33 Å². The number of hydrogen-bond donors (Lipinski definition) is 1. The van der Waals surface area contributed by atoms with Gasteiger partial charge in [-0.2, -0.15) is 0 Å². The van der Waals surface area contributed by atoms with Crippen molar-refractivity contribution in [1.82, 2.24) is 24.8 Å². The molecule has 9 nitrogen and oxygen atoms in total. The molecule has 0 radical (unpaired) electrons. The van der Waals surface area contributed by atoms with E-state index in [2.05, 4.69) is 20.3 Å². The highest BCUT2D eigenvalue weighted by Crippen LogP contribution is 2.34. The van der Waals surface area contributed by atoms with Gasteiger partial charge in [-0.15, -0.1) is 0 Å². The van der Waals surface area contributed by atoms with Gasteiger partial charge < -0.3 is 24.6 Å². The Hall–Kier alpha value is -3.95. The Morgan fingerprint density at radius 1 is 1.05 bits per heavy atom. The number of ether oxygens (including phenoxy) is 2. The van der Waals surface area contributed by atoms with Gasteiger partial charge in [-0.1, -0.05) is 23.7 Å². The lowest BCUT2D eigenvalue weighted by atomic mass is 10.0. The van der Waals surface area contributed by atoms with Crippen molar-refractivity contribution in [1.29, 1.82) is 0 Å². The van der Waals surface area contributed by atoms with E-state index in [0.717, 1.165) is 48.1 Å². The first kappa shape index (κ1) is 27.6. The normalized spacial score (nSPS) is 15.3. The second-order valence-electron chi connectivity index (χ2n) is 10.0. The van der Waals surface area contributed by atoms with Crippen LogP contribution in [0.25, 0.3) is 10.9 Å². The highest BCUT2D eigenvalue weighted by Gasteiger charge is 2.27. The number of halogens is 1. The minimum absolute atomic E-state index is 0.0231. The standard InChI is InChI=1S/C30H33ClN6O3/c1-36(2)17-28(38)37-15-6-4-9-23(37)19-40-27-11-7-10-25-29(27)30(34-20-33-25)35-21-12-13-26(24(31)16-21)39-18-22-8-3-5-14-32-22/h3,5,7-8,10-14,16,20,23H,4,6,9,15,17-19H2,1-2H3,(H,33,34,35)/t23-/m1/s1. The molecule has 1 aliphatic heterocycles. The summed E-state index contributed by atoms with van der Waals surface area (Å²) in [6, 6.07) is 16.9. The van der Waals surface area contributed by atoms with Crippen molar-refractivity contribution < 1.29 is 14.3 Å². The maximum absolute atomic E-state index is 12.8. The molecule has 1 saturated heterocycles.